The summed E-state index contributed by atoms with van der Waals surface area (Å²) < 4.78 is 13.2. The van der Waals surface area contributed by atoms with Crippen LogP contribution in [0.1, 0.15) is 39.4 Å². The zero-order valence-corrected chi connectivity index (χ0v) is 11.2. The lowest BCUT2D eigenvalue weighted by atomic mass is 10.3. The van der Waals surface area contributed by atoms with Gasteiger partial charge in [-0.1, -0.05) is 6.92 Å². The lowest BCUT2D eigenvalue weighted by molar-refractivity contribution is -0.140. The van der Waals surface area contributed by atoms with Gasteiger partial charge in [-0.2, -0.15) is 0 Å². The van der Waals surface area contributed by atoms with E-state index in [1.807, 2.05) is 26.2 Å². The van der Waals surface area contributed by atoms with Crippen molar-refractivity contribution in [3.63, 3.8) is 0 Å². The Morgan fingerprint density at radius 2 is 1.94 bits per heavy atom. The summed E-state index contributed by atoms with van der Waals surface area (Å²) in [6.45, 7) is 8.44. The maximum absolute atomic E-state index is 5.52. The molecule has 4 heteroatoms. The number of rotatable bonds is 9. The van der Waals surface area contributed by atoms with Gasteiger partial charge in [-0.25, -0.2) is 4.98 Å². The van der Waals surface area contributed by atoms with Crippen LogP contribution in [0.4, 0.5) is 0 Å². The molecule has 1 aromatic heterocycles. The normalized spacial score (nSPS) is 11.3. The number of hydrogen-bond donors (Lipinski definition) is 0. The number of aryl methyl sites for hydroxylation is 2. The van der Waals surface area contributed by atoms with Gasteiger partial charge in [-0.3, -0.25) is 0 Å². The summed E-state index contributed by atoms with van der Waals surface area (Å²) in [7, 11) is 0. The first-order valence-corrected chi connectivity index (χ1v) is 6.55. The van der Waals surface area contributed by atoms with E-state index in [1.165, 1.54) is 0 Å². The van der Waals surface area contributed by atoms with Crippen molar-refractivity contribution in [2.75, 3.05) is 13.2 Å². The molecule has 0 aliphatic heterocycles. The predicted octanol–water partition coefficient (Wildman–Crippen LogP) is 2.62. The van der Waals surface area contributed by atoms with Gasteiger partial charge >= 0.3 is 0 Å². The summed E-state index contributed by atoms with van der Waals surface area (Å²) in [5, 5.41) is 0. The molecule has 4 nitrogen and oxygen atoms in total. The van der Waals surface area contributed by atoms with Crippen molar-refractivity contribution < 1.29 is 9.47 Å². The average molecular weight is 240 g/mol. The molecule has 0 spiro atoms. The highest BCUT2D eigenvalue weighted by atomic mass is 16.7. The van der Waals surface area contributed by atoms with Crippen LogP contribution in [-0.4, -0.2) is 29.1 Å². The van der Waals surface area contributed by atoms with Crippen molar-refractivity contribution >= 4 is 0 Å². The van der Waals surface area contributed by atoms with Crippen LogP contribution < -0.4 is 0 Å². The molecule has 0 aliphatic rings. The zero-order chi connectivity index (χ0) is 12.5. The maximum atomic E-state index is 5.52. The van der Waals surface area contributed by atoms with Crippen molar-refractivity contribution in [3.05, 3.63) is 18.2 Å². The topological polar surface area (TPSA) is 36.3 Å². The number of imidazole rings is 1. The smallest absolute Gasteiger partial charge is 0.159 e. The minimum Gasteiger partial charge on any atom is -0.353 e. The Bertz CT molecular complexity index is 293. The third-order valence-electron chi connectivity index (χ3n) is 2.59. The quantitative estimate of drug-likeness (QED) is 0.623. The van der Waals surface area contributed by atoms with E-state index in [2.05, 4.69) is 16.5 Å². The van der Waals surface area contributed by atoms with Crippen LogP contribution in [0.3, 0.4) is 0 Å². The third-order valence-corrected chi connectivity index (χ3v) is 2.59. The average Bonchev–Trinajstić information content (AvgIpc) is 2.75. The molecule has 98 valence electrons. The van der Waals surface area contributed by atoms with Crippen molar-refractivity contribution in [2.24, 2.45) is 0 Å². The molecule has 0 bridgehead atoms. The van der Waals surface area contributed by atoms with Crippen molar-refractivity contribution in [3.8, 4) is 0 Å². The van der Waals surface area contributed by atoms with E-state index < -0.39 is 0 Å². The molecule has 1 aromatic rings. The van der Waals surface area contributed by atoms with Gasteiger partial charge in [0.1, 0.15) is 5.82 Å². The molecule has 0 unspecified atom stereocenters. The van der Waals surface area contributed by atoms with E-state index in [-0.39, 0.29) is 6.29 Å². The van der Waals surface area contributed by atoms with Gasteiger partial charge in [0.05, 0.1) is 0 Å². The molecule has 1 heterocycles. The molecule has 0 aliphatic carbocycles. The fourth-order valence-electron chi connectivity index (χ4n) is 1.83. The SMILES string of the molecule is CCCc1nccn1CCC(OCC)OCC. The summed E-state index contributed by atoms with van der Waals surface area (Å²) in [4.78, 5) is 4.36. The Kier molecular flexibility index (Phi) is 6.89. The predicted molar refractivity (Wildman–Crippen MR) is 67.9 cm³/mol. The lowest BCUT2D eigenvalue weighted by Gasteiger charge is -2.17. The van der Waals surface area contributed by atoms with Crippen molar-refractivity contribution in [2.45, 2.75) is 52.9 Å². The van der Waals surface area contributed by atoms with Gasteiger partial charge < -0.3 is 14.0 Å². The Morgan fingerprint density at radius 3 is 2.53 bits per heavy atom. The maximum Gasteiger partial charge on any atom is 0.159 e. The van der Waals surface area contributed by atoms with E-state index in [0.717, 1.165) is 31.6 Å². The summed E-state index contributed by atoms with van der Waals surface area (Å²) in [5.74, 6) is 1.15. The van der Waals surface area contributed by atoms with Gasteiger partial charge in [0, 0.05) is 45.0 Å². The first-order chi connectivity index (χ1) is 8.31. The van der Waals surface area contributed by atoms with E-state index in [9.17, 15) is 0 Å². The number of hydrogen-bond acceptors (Lipinski definition) is 3. The molecule has 0 fully saturated rings. The summed E-state index contributed by atoms with van der Waals surface area (Å²) in [6, 6.07) is 0. The first kappa shape index (κ1) is 14.2. The van der Waals surface area contributed by atoms with Crippen LogP contribution >= 0.6 is 0 Å². The highest BCUT2D eigenvalue weighted by molar-refractivity contribution is 4.92. The van der Waals surface area contributed by atoms with Gasteiger partial charge in [0.2, 0.25) is 0 Å². The Labute approximate surface area is 104 Å². The van der Waals surface area contributed by atoms with Crippen LogP contribution in [-0.2, 0) is 22.4 Å². The van der Waals surface area contributed by atoms with Crippen LogP contribution in [0.5, 0.6) is 0 Å². The summed E-state index contributed by atoms with van der Waals surface area (Å²) >= 11 is 0. The monoisotopic (exact) mass is 240 g/mol. The Hall–Kier alpha value is -0.870. The second kappa shape index (κ2) is 8.25. The van der Waals surface area contributed by atoms with E-state index in [1.54, 1.807) is 0 Å². The minimum atomic E-state index is -0.0955. The fraction of sp³-hybridized carbons (Fsp3) is 0.769. The lowest BCUT2D eigenvalue weighted by Crippen LogP contribution is -2.20. The van der Waals surface area contributed by atoms with E-state index in [0.29, 0.717) is 13.2 Å². The van der Waals surface area contributed by atoms with Crippen LogP contribution in [0.2, 0.25) is 0 Å². The van der Waals surface area contributed by atoms with Gasteiger partial charge in [-0.15, -0.1) is 0 Å². The zero-order valence-electron chi connectivity index (χ0n) is 11.2. The van der Waals surface area contributed by atoms with Gasteiger partial charge in [0.25, 0.3) is 0 Å². The second-order valence-corrected chi connectivity index (χ2v) is 3.92. The third kappa shape index (κ3) is 4.88. The molecule has 0 saturated heterocycles. The molecule has 0 N–H and O–H groups in total. The minimum absolute atomic E-state index is 0.0955. The number of ether oxygens (including phenoxy) is 2. The van der Waals surface area contributed by atoms with Crippen LogP contribution in [0, 0.1) is 0 Å². The molecule has 0 aromatic carbocycles. The highest BCUT2D eigenvalue weighted by Crippen LogP contribution is 2.07. The highest BCUT2D eigenvalue weighted by Gasteiger charge is 2.09. The molecule has 0 radical (unpaired) electrons. The molecule has 0 amide bonds. The standard InChI is InChI=1S/C13H24N2O2/c1-4-7-12-14-9-11-15(12)10-8-13(16-5-2)17-6-3/h9,11,13H,4-8,10H2,1-3H3. The fourth-order valence-corrected chi connectivity index (χ4v) is 1.83. The van der Waals surface area contributed by atoms with Gasteiger partial charge in [0.15, 0.2) is 6.29 Å². The molecular formula is C13H24N2O2. The van der Waals surface area contributed by atoms with E-state index in [4.69, 9.17) is 9.47 Å². The van der Waals surface area contributed by atoms with E-state index >= 15 is 0 Å². The second-order valence-electron chi connectivity index (χ2n) is 3.92. The Morgan fingerprint density at radius 1 is 1.24 bits per heavy atom. The number of nitrogens with zero attached hydrogens (tertiary/aromatic N) is 2. The summed E-state index contributed by atoms with van der Waals surface area (Å²) in [5.41, 5.74) is 0. The molecule has 17 heavy (non-hydrogen) atoms. The van der Waals surface area contributed by atoms with Crippen LogP contribution in [0.15, 0.2) is 12.4 Å². The summed E-state index contributed by atoms with van der Waals surface area (Å²) in [6.07, 6.45) is 6.82. The molecule has 1 rings (SSSR count). The van der Waals surface area contributed by atoms with Crippen molar-refractivity contribution in [1.82, 2.24) is 9.55 Å². The molecular weight excluding hydrogens is 216 g/mol. The van der Waals surface area contributed by atoms with Crippen LogP contribution in [0.25, 0.3) is 0 Å². The number of aromatic nitrogens is 2. The van der Waals surface area contributed by atoms with Gasteiger partial charge in [-0.05, 0) is 20.3 Å². The largest absolute Gasteiger partial charge is 0.353 e. The Balaban J connectivity index is 2.43. The van der Waals surface area contributed by atoms with Crippen molar-refractivity contribution in [1.29, 1.82) is 0 Å². The molecule has 0 atom stereocenters. The first-order valence-electron chi connectivity index (χ1n) is 6.55. The molecule has 0 saturated carbocycles.